The summed E-state index contributed by atoms with van der Waals surface area (Å²) in [5.74, 6) is 0. The van der Waals surface area contributed by atoms with Gasteiger partial charge in [-0.3, -0.25) is 0 Å². The lowest BCUT2D eigenvalue weighted by Crippen LogP contribution is -2.11. The molecule has 0 aliphatic carbocycles. The van der Waals surface area contributed by atoms with Gasteiger partial charge in [-0.15, -0.1) is 11.3 Å². The summed E-state index contributed by atoms with van der Waals surface area (Å²) in [6, 6.07) is 77.0. The minimum absolute atomic E-state index is 0.869. The molecule has 0 radical (unpaired) electrons. The number of rotatable bonds is 6. The quantitative estimate of drug-likeness (QED) is 0.157. The molecular formula is C56H35NOS. The Hall–Kier alpha value is -7.46. The van der Waals surface area contributed by atoms with Crippen LogP contribution >= 0.6 is 11.3 Å². The van der Waals surface area contributed by atoms with Gasteiger partial charge in [0.15, 0.2) is 0 Å². The summed E-state index contributed by atoms with van der Waals surface area (Å²) in [4.78, 5) is 2.43. The summed E-state index contributed by atoms with van der Waals surface area (Å²) < 4.78 is 9.25. The molecule has 0 saturated carbocycles. The molecule has 2 nitrogen and oxygen atoms in total. The van der Waals surface area contributed by atoms with E-state index in [4.69, 9.17) is 4.42 Å². The van der Waals surface area contributed by atoms with Crippen molar-refractivity contribution in [1.82, 2.24) is 0 Å². The maximum Gasteiger partial charge on any atom is 0.136 e. The number of nitrogens with zero attached hydrogens (tertiary/aromatic N) is 1. The molecule has 0 aliphatic rings. The Labute approximate surface area is 345 Å². The van der Waals surface area contributed by atoms with Gasteiger partial charge in [-0.2, -0.15) is 0 Å². The maximum absolute atomic E-state index is 6.63. The number of para-hydroxylation sites is 1. The Bertz CT molecular complexity index is 3540. The topological polar surface area (TPSA) is 16.4 Å². The van der Waals surface area contributed by atoms with Crippen molar-refractivity contribution >= 4 is 92.1 Å². The molecule has 0 fully saturated rings. The zero-order valence-electron chi connectivity index (χ0n) is 32.0. The summed E-state index contributed by atoms with van der Waals surface area (Å²) in [6.45, 7) is 0. The molecule has 0 aliphatic heterocycles. The van der Waals surface area contributed by atoms with Gasteiger partial charge in [0, 0.05) is 47.9 Å². The zero-order chi connectivity index (χ0) is 38.9. The lowest BCUT2D eigenvalue weighted by Gasteiger charge is -2.29. The number of hydrogen-bond acceptors (Lipinski definition) is 3. The van der Waals surface area contributed by atoms with Crippen LogP contribution in [0.3, 0.4) is 0 Å². The summed E-state index contributed by atoms with van der Waals surface area (Å²) in [5, 5.41) is 9.72. The smallest absolute Gasteiger partial charge is 0.136 e. The standard InChI is InChI=1S/C56H35NOS/c1-2-13-36(14-3-1)37-25-29-40(30-26-37)57(41-31-27-38(28-32-41)43-21-12-24-53-54(43)47-20-9-11-23-52(47)59-53)49-33-34-51-56(46-19-8-10-22-50(46)58-51)55(49)48-35-39-15-4-5-16-42(39)44-17-6-7-18-45(44)48/h1-35H. The van der Waals surface area contributed by atoms with Gasteiger partial charge in [0.05, 0.1) is 5.69 Å². The van der Waals surface area contributed by atoms with Crippen LogP contribution in [0.15, 0.2) is 217 Å². The van der Waals surface area contributed by atoms with Crippen molar-refractivity contribution in [1.29, 1.82) is 0 Å². The number of hydrogen-bond donors (Lipinski definition) is 0. The van der Waals surface area contributed by atoms with Crippen LogP contribution in [0.4, 0.5) is 17.1 Å². The average molecular weight is 770 g/mol. The highest BCUT2D eigenvalue weighted by Gasteiger charge is 2.25. The molecular weight excluding hydrogens is 735 g/mol. The molecule has 0 atom stereocenters. The van der Waals surface area contributed by atoms with E-state index < -0.39 is 0 Å². The second-order valence-electron chi connectivity index (χ2n) is 15.2. The van der Waals surface area contributed by atoms with E-state index in [1.165, 1.54) is 69.5 Å². The van der Waals surface area contributed by atoms with Crippen LogP contribution in [-0.4, -0.2) is 0 Å². The maximum atomic E-state index is 6.63. The summed E-state index contributed by atoms with van der Waals surface area (Å²) in [7, 11) is 0. The highest BCUT2D eigenvalue weighted by molar-refractivity contribution is 7.25. The molecule has 0 saturated heterocycles. The fraction of sp³-hybridized carbons (Fsp3) is 0. The van der Waals surface area contributed by atoms with Crippen LogP contribution in [0.1, 0.15) is 0 Å². The third-order valence-electron chi connectivity index (χ3n) is 11.9. The molecule has 0 spiro atoms. The molecule has 2 aromatic heterocycles. The fourth-order valence-corrected chi connectivity index (χ4v) is 10.3. The van der Waals surface area contributed by atoms with E-state index in [1.54, 1.807) is 0 Å². The fourth-order valence-electron chi connectivity index (χ4n) is 9.19. The first-order valence-corrected chi connectivity index (χ1v) is 20.9. The Kier molecular flexibility index (Phi) is 7.75. The van der Waals surface area contributed by atoms with Crippen LogP contribution in [-0.2, 0) is 0 Å². The first-order valence-electron chi connectivity index (χ1n) is 20.1. The molecule has 12 aromatic rings. The van der Waals surface area contributed by atoms with Crippen LogP contribution in [0.5, 0.6) is 0 Å². The number of anilines is 3. The zero-order valence-corrected chi connectivity index (χ0v) is 32.8. The second-order valence-corrected chi connectivity index (χ2v) is 16.3. The van der Waals surface area contributed by atoms with E-state index in [1.807, 2.05) is 11.3 Å². The van der Waals surface area contributed by atoms with E-state index in [2.05, 4.69) is 217 Å². The first-order chi connectivity index (χ1) is 29.3. The van der Waals surface area contributed by atoms with Gasteiger partial charge in [0.25, 0.3) is 0 Å². The lowest BCUT2D eigenvalue weighted by molar-refractivity contribution is 0.669. The van der Waals surface area contributed by atoms with Gasteiger partial charge >= 0.3 is 0 Å². The molecule has 3 heteroatoms. The number of furan rings is 1. The molecule has 0 N–H and O–H groups in total. The predicted molar refractivity (Wildman–Crippen MR) is 253 cm³/mol. The third kappa shape index (κ3) is 5.47. The Morgan fingerprint density at radius 1 is 0.356 bits per heavy atom. The van der Waals surface area contributed by atoms with Crippen LogP contribution in [0.2, 0.25) is 0 Å². The minimum Gasteiger partial charge on any atom is -0.456 e. The molecule has 2 heterocycles. The van der Waals surface area contributed by atoms with E-state index in [0.29, 0.717) is 0 Å². The Morgan fingerprint density at radius 3 is 1.76 bits per heavy atom. The van der Waals surface area contributed by atoms with Crippen molar-refractivity contribution in [2.24, 2.45) is 0 Å². The van der Waals surface area contributed by atoms with E-state index in [9.17, 15) is 0 Å². The van der Waals surface area contributed by atoms with Gasteiger partial charge in [0.2, 0.25) is 0 Å². The van der Waals surface area contributed by atoms with Gasteiger partial charge in [-0.1, -0.05) is 152 Å². The van der Waals surface area contributed by atoms with E-state index in [0.717, 1.165) is 44.6 Å². The third-order valence-corrected chi connectivity index (χ3v) is 13.0. The highest BCUT2D eigenvalue weighted by atomic mass is 32.1. The lowest BCUT2D eigenvalue weighted by atomic mass is 9.89. The van der Waals surface area contributed by atoms with Crippen LogP contribution < -0.4 is 4.90 Å². The molecule has 0 amide bonds. The monoisotopic (exact) mass is 769 g/mol. The van der Waals surface area contributed by atoms with Crippen molar-refractivity contribution in [2.75, 3.05) is 4.90 Å². The number of thiophene rings is 1. The van der Waals surface area contributed by atoms with Crippen molar-refractivity contribution in [2.45, 2.75) is 0 Å². The molecule has 0 bridgehead atoms. The van der Waals surface area contributed by atoms with E-state index >= 15 is 0 Å². The Morgan fingerprint density at radius 2 is 0.966 bits per heavy atom. The predicted octanol–water partition coefficient (Wildman–Crippen LogP) is 16.7. The van der Waals surface area contributed by atoms with Crippen molar-refractivity contribution in [3.63, 3.8) is 0 Å². The Balaban J connectivity index is 1.13. The molecule has 59 heavy (non-hydrogen) atoms. The molecule has 12 rings (SSSR count). The van der Waals surface area contributed by atoms with Gasteiger partial charge in [0.1, 0.15) is 11.2 Å². The van der Waals surface area contributed by atoms with Crippen molar-refractivity contribution in [3.05, 3.63) is 212 Å². The van der Waals surface area contributed by atoms with Crippen LogP contribution in [0.25, 0.3) is 97.0 Å². The second kappa shape index (κ2) is 13.6. The molecule has 10 aromatic carbocycles. The summed E-state index contributed by atoms with van der Waals surface area (Å²) in [5.41, 5.74) is 12.1. The van der Waals surface area contributed by atoms with E-state index in [-0.39, 0.29) is 0 Å². The number of benzene rings is 10. The SMILES string of the molecule is c1ccc(-c2ccc(N(c3ccc(-c4cccc5sc6ccccc6c45)cc3)c3ccc4oc5ccccc5c4c3-c3cc4ccccc4c4ccccc34)cc2)cc1. The summed E-state index contributed by atoms with van der Waals surface area (Å²) >= 11 is 1.86. The normalized spacial score (nSPS) is 11.7. The molecule has 276 valence electrons. The van der Waals surface area contributed by atoms with Gasteiger partial charge in [-0.05, 0) is 110 Å². The van der Waals surface area contributed by atoms with Gasteiger partial charge in [-0.25, -0.2) is 0 Å². The minimum atomic E-state index is 0.869. The van der Waals surface area contributed by atoms with Crippen LogP contribution in [0, 0.1) is 0 Å². The number of fused-ring (bicyclic) bond motifs is 9. The first kappa shape index (κ1) is 33.7. The highest BCUT2D eigenvalue weighted by Crippen LogP contribution is 2.50. The van der Waals surface area contributed by atoms with Crippen molar-refractivity contribution in [3.8, 4) is 33.4 Å². The van der Waals surface area contributed by atoms with Gasteiger partial charge < -0.3 is 9.32 Å². The average Bonchev–Trinajstić information content (AvgIpc) is 3.88. The molecule has 0 unspecified atom stereocenters. The largest absolute Gasteiger partial charge is 0.456 e. The van der Waals surface area contributed by atoms with Crippen molar-refractivity contribution < 1.29 is 4.42 Å². The summed E-state index contributed by atoms with van der Waals surface area (Å²) in [6.07, 6.45) is 0.